The Morgan fingerprint density at radius 2 is 1.95 bits per heavy atom. The lowest BCUT2D eigenvalue weighted by atomic mass is 9.99. The van der Waals surface area contributed by atoms with Gasteiger partial charge in [-0.1, -0.05) is 12.1 Å². The maximum absolute atomic E-state index is 11.1. The van der Waals surface area contributed by atoms with Crippen LogP contribution in [0.25, 0.3) is 0 Å². The van der Waals surface area contributed by atoms with Crippen LogP contribution in [-0.4, -0.2) is 46.6 Å². The SMILES string of the molecule is CC(O)COCCc1cccc(C(=O)O)c1C(=O)O. The minimum atomic E-state index is -1.27. The molecule has 1 atom stereocenters. The molecule has 0 saturated carbocycles. The van der Waals surface area contributed by atoms with E-state index in [1.54, 1.807) is 13.0 Å². The highest BCUT2D eigenvalue weighted by molar-refractivity contribution is 6.02. The predicted octanol–water partition coefficient (Wildman–Crippen LogP) is 1.02. The van der Waals surface area contributed by atoms with Gasteiger partial charge in [0.05, 0.1) is 30.4 Å². The molecule has 1 rings (SSSR count). The second kappa shape index (κ2) is 6.86. The molecule has 0 spiro atoms. The van der Waals surface area contributed by atoms with Gasteiger partial charge in [-0.3, -0.25) is 0 Å². The Kier molecular flexibility index (Phi) is 5.47. The van der Waals surface area contributed by atoms with Crippen LogP contribution in [0.3, 0.4) is 0 Å². The normalized spacial score (nSPS) is 12.1. The lowest BCUT2D eigenvalue weighted by Crippen LogP contribution is -2.15. The summed E-state index contributed by atoms with van der Waals surface area (Å²) >= 11 is 0. The number of carboxylic acids is 2. The molecule has 0 fully saturated rings. The van der Waals surface area contributed by atoms with Crippen LogP contribution in [0, 0.1) is 0 Å². The molecule has 0 aliphatic rings. The Morgan fingerprint density at radius 3 is 2.47 bits per heavy atom. The van der Waals surface area contributed by atoms with E-state index in [9.17, 15) is 9.59 Å². The monoisotopic (exact) mass is 268 g/mol. The third-order valence-corrected chi connectivity index (χ3v) is 2.47. The van der Waals surface area contributed by atoms with Gasteiger partial charge in [0.2, 0.25) is 0 Å². The maximum atomic E-state index is 11.1. The van der Waals surface area contributed by atoms with E-state index in [2.05, 4.69) is 0 Å². The fourth-order valence-electron chi connectivity index (χ4n) is 1.68. The zero-order chi connectivity index (χ0) is 14.4. The smallest absolute Gasteiger partial charge is 0.336 e. The van der Waals surface area contributed by atoms with Crippen molar-refractivity contribution in [1.82, 2.24) is 0 Å². The molecular weight excluding hydrogens is 252 g/mol. The molecule has 19 heavy (non-hydrogen) atoms. The van der Waals surface area contributed by atoms with Crippen molar-refractivity contribution in [3.63, 3.8) is 0 Å². The second-order valence-corrected chi connectivity index (χ2v) is 4.12. The minimum Gasteiger partial charge on any atom is -0.478 e. The summed E-state index contributed by atoms with van der Waals surface area (Å²) in [7, 11) is 0. The highest BCUT2D eigenvalue weighted by atomic mass is 16.5. The summed E-state index contributed by atoms with van der Waals surface area (Å²) in [6.45, 7) is 1.95. The quantitative estimate of drug-likeness (QED) is 0.638. The van der Waals surface area contributed by atoms with Crippen molar-refractivity contribution in [3.8, 4) is 0 Å². The number of carboxylic acid groups (broad SMARTS) is 2. The average molecular weight is 268 g/mol. The van der Waals surface area contributed by atoms with Gasteiger partial charge in [0.15, 0.2) is 0 Å². The van der Waals surface area contributed by atoms with E-state index < -0.39 is 18.0 Å². The number of aliphatic hydroxyl groups is 1. The van der Waals surface area contributed by atoms with Crippen molar-refractivity contribution in [3.05, 3.63) is 34.9 Å². The topological polar surface area (TPSA) is 104 Å². The first-order valence-electron chi connectivity index (χ1n) is 5.77. The molecule has 1 aromatic carbocycles. The van der Waals surface area contributed by atoms with Crippen LogP contribution < -0.4 is 0 Å². The number of benzene rings is 1. The Hall–Kier alpha value is -1.92. The molecule has 0 amide bonds. The van der Waals surface area contributed by atoms with E-state index >= 15 is 0 Å². The number of aromatic carboxylic acids is 2. The Morgan fingerprint density at radius 1 is 1.26 bits per heavy atom. The third-order valence-electron chi connectivity index (χ3n) is 2.47. The van der Waals surface area contributed by atoms with Gasteiger partial charge >= 0.3 is 11.9 Å². The van der Waals surface area contributed by atoms with Crippen LogP contribution in [-0.2, 0) is 11.2 Å². The first kappa shape index (κ1) is 15.1. The average Bonchev–Trinajstić information content (AvgIpc) is 2.33. The molecule has 1 unspecified atom stereocenters. The summed E-state index contributed by atoms with van der Waals surface area (Å²) < 4.78 is 5.14. The number of carbonyl (C=O) groups is 2. The minimum absolute atomic E-state index is 0.154. The highest BCUT2D eigenvalue weighted by Crippen LogP contribution is 2.16. The van der Waals surface area contributed by atoms with Crippen LogP contribution in [0.5, 0.6) is 0 Å². The molecule has 3 N–H and O–H groups in total. The molecule has 104 valence electrons. The molecule has 0 radical (unpaired) electrons. The molecule has 0 aliphatic carbocycles. The summed E-state index contributed by atoms with van der Waals surface area (Å²) in [6.07, 6.45) is -0.320. The molecule has 6 heteroatoms. The van der Waals surface area contributed by atoms with E-state index in [0.717, 1.165) is 0 Å². The summed E-state index contributed by atoms with van der Waals surface area (Å²) in [5.41, 5.74) is -0.0471. The lowest BCUT2D eigenvalue weighted by Gasteiger charge is -2.10. The zero-order valence-corrected chi connectivity index (χ0v) is 10.5. The van der Waals surface area contributed by atoms with Crippen molar-refractivity contribution < 1.29 is 29.6 Å². The fraction of sp³-hybridized carbons (Fsp3) is 0.385. The number of hydrogen-bond donors (Lipinski definition) is 3. The van der Waals surface area contributed by atoms with Gasteiger partial charge in [-0.15, -0.1) is 0 Å². The largest absolute Gasteiger partial charge is 0.478 e. The van der Waals surface area contributed by atoms with Crippen LogP contribution in [0.1, 0.15) is 33.2 Å². The molecular formula is C13H16O6. The molecule has 0 aliphatic heterocycles. The highest BCUT2D eigenvalue weighted by Gasteiger charge is 2.19. The predicted molar refractivity (Wildman–Crippen MR) is 66.6 cm³/mol. The van der Waals surface area contributed by atoms with Crippen LogP contribution >= 0.6 is 0 Å². The molecule has 6 nitrogen and oxygen atoms in total. The summed E-state index contributed by atoms with van der Waals surface area (Å²) in [5.74, 6) is -2.55. The second-order valence-electron chi connectivity index (χ2n) is 4.12. The summed E-state index contributed by atoms with van der Waals surface area (Å²) in [6, 6.07) is 4.31. The standard InChI is InChI=1S/C13H16O6/c1-8(14)7-19-6-5-9-3-2-4-10(12(15)16)11(9)13(17)18/h2-4,8,14H,5-7H2,1H3,(H,15,16)(H,17,18). The first-order chi connectivity index (χ1) is 8.93. The zero-order valence-electron chi connectivity index (χ0n) is 10.5. The number of ether oxygens (including phenoxy) is 1. The summed E-state index contributed by atoms with van der Waals surface area (Å²) in [4.78, 5) is 22.1. The fourth-order valence-corrected chi connectivity index (χ4v) is 1.68. The number of hydrogen-bond acceptors (Lipinski definition) is 4. The van der Waals surface area contributed by atoms with Crippen molar-refractivity contribution in [2.24, 2.45) is 0 Å². The van der Waals surface area contributed by atoms with Crippen LogP contribution in [0.2, 0.25) is 0 Å². The Balaban J connectivity index is 2.85. The van der Waals surface area contributed by atoms with E-state index in [4.69, 9.17) is 20.1 Å². The Bertz CT molecular complexity index is 466. The molecule has 0 heterocycles. The van der Waals surface area contributed by atoms with Gasteiger partial charge in [-0.25, -0.2) is 9.59 Å². The maximum Gasteiger partial charge on any atom is 0.336 e. The van der Waals surface area contributed by atoms with Crippen molar-refractivity contribution in [2.45, 2.75) is 19.4 Å². The third kappa shape index (κ3) is 4.35. The van der Waals surface area contributed by atoms with Gasteiger partial charge in [0.1, 0.15) is 0 Å². The van der Waals surface area contributed by atoms with E-state index in [0.29, 0.717) is 5.56 Å². The van der Waals surface area contributed by atoms with E-state index in [1.807, 2.05) is 0 Å². The van der Waals surface area contributed by atoms with Gasteiger partial charge in [-0.2, -0.15) is 0 Å². The van der Waals surface area contributed by atoms with E-state index in [-0.39, 0.29) is 30.8 Å². The van der Waals surface area contributed by atoms with Crippen LogP contribution in [0.4, 0.5) is 0 Å². The number of aliphatic hydroxyl groups excluding tert-OH is 1. The molecule has 1 aromatic rings. The van der Waals surface area contributed by atoms with Gasteiger partial charge in [-0.05, 0) is 25.0 Å². The number of rotatable bonds is 7. The molecule has 0 saturated heterocycles. The molecule has 0 aromatic heterocycles. The van der Waals surface area contributed by atoms with E-state index in [1.165, 1.54) is 12.1 Å². The summed E-state index contributed by atoms with van der Waals surface area (Å²) in [5, 5.41) is 27.1. The Labute approximate surface area is 110 Å². The van der Waals surface area contributed by atoms with Gasteiger partial charge in [0.25, 0.3) is 0 Å². The first-order valence-corrected chi connectivity index (χ1v) is 5.77. The van der Waals surface area contributed by atoms with Crippen LogP contribution in [0.15, 0.2) is 18.2 Å². The van der Waals surface area contributed by atoms with Crippen molar-refractivity contribution >= 4 is 11.9 Å². The molecule has 0 bridgehead atoms. The van der Waals surface area contributed by atoms with Gasteiger partial charge < -0.3 is 20.1 Å². The lowest BCUT2D eigenvalue weighted by molar-refractivity contribution is 0.0474. The van der Waals surface area contributed by atoms with Gasteiger partial charge in [0, 0.05) is 0 Å². The van der Waals surface area contributed by atoms with Crippen molar-refractivity contribution in [1.29, 1.82) is 0 Å². The van der Waals surface area contributed by atoms with Crippen molar-refractivity contribution in [2.75, 3.05) is 13.2 Å².